The largest absolute Gasteiger partial charge is 0.481 e. The van der Waals surface area contributed by atoms with Gasteiger partial charge in [-0.25, -0.2) is 0 Å². The molecule has 0 saturated heterocycles. The lowest BCUT2D eigenvalue weighted by Crippen LogP contribution is -1.99. The van der Waals surface area contributed by atoms with Crippen LogP contribution in [-0.4, -0.2) is 34.9 Å². The third kappa shape index (κ3) is 2.38. The zero-order valence-electron chi connectivity index (χ0n) is 9.05. The minimum absolute atomic E-state index is 0.0822. The summed E-state index contributed by atoms with van der Waals surface area (Å²) < 4.78 is 9.95. The highest BCUT2D eigenvalue weighted by Crippen LogP contribution is 2.46. The van der Waals surface area contributed by atoms with Crippen LogP contribution in [0.5, 0.6) is 0 Å². The summed E-state index contributed by atoms with van der Waals surface area (Å²) in [6.07, 6.45) is 2.14. The molecule has 16 heavy (non-hydrogen) atoms. The van der Waals surface area contributed by atoms with Crippen LogP contribution in [0.4, 0.5) is 0 Å². The van der Waals surface area contributed by atoms with E-state index in [4.69, 9.17) is 14.4 Å². The van der Waals surface area contributed by atoms with Crippen molar-refractivity contribution in [3.63, 3.8) is 0 Å². The Hall–Kier alpha value is -1.43. The third-order valence-electron chi connectivity index (χ3n) is 2.66. The van der Waals surface area contributed by atoms with E-state index < -0.39 is 5.97 Å². The Bertz CT molecular complexity index is 377. The number of hydrogen-bond acceptors (Lipinski definition) is 5. The number of rotatable bonds is 6. The minimum atomic E-state index is -0.788. The smallest absolute Gasteiger partial charge is 0.307 e. The van der Waals surface area contributed by atoms with E-state index in [-0.39, 0.29) is 11.8 Å². The highest BCUT2D eigenvalue weighted by Gasteiger charge is 2.48. The van der Waals surface area contributed by atoms with Crippen LogP contribution >= 0.6 is 0 Å². The molecule has 1 aliphatic carbocycles. The zero-order chi connectivity index (χ0) is 11.5. The van der Waals surface area contributed by atoms with Gasteiger partial charge in [0, 0.05) is 20.1 Å². The van der Waals surface area contributed by atoms with Gasteiger partial charge < -0.3 is 14.4 Å². The van der Waals surface area contributed by atoms with E-state index in [0.717, 1.165) is 6.42 Å². The summed E-state index contributed by atoms with van der Waals surface area (Å²) in [4.78, 5) is 14.8. The van der Waals surface area contributed by atoms with Crippen molar-refractivity contribution in [2.75, 3.05) is 13.7 Å². The molecule has 1 aromatic rings. The third-order valence-corrected chi connectivity index (χ3v) is 2.66. The van der Waals surface area contributed by atoms with E-state index in [9.17, 15) is 4.79 Å². The van der Waals surface area contributed by atoms with Crippen molar-refractivity contribution in [2.24, 2.45) is 5.92 Å². The monoisotopic (exact) mass is 226 g/mol. The second-order valence-corrected chi connectivity index (χ2v) is 3.93. The Balaban J connectivity index is 1.86. The van der Waals surface area contributed by atoms with Crippen molar-refractivity contribution in [1.82, 2.24) is 10.1 Å². The van der Waals surface area contributed by atoms with Crippen LogP contribution in [0.25, 0.3) is 0 Å². The fourth-order valence-electron chi connectivity index (χ4n) is 1.64. The SMILES string of the molecule is COCCCc1noc(C2CC2C(=O)O)n1. The predicted molar refractivity (Wildman–Crippen MR) is 53.0 cm³/mol. The molecule has 0 aromatic carbocycles. The first-order valence-electron chi connectivity index (χ1n) is 5.26. The molecule has 2 unspecified atom stereocenters. The number of aromatic nitrogens is 2. The fraction of sp³-hybridized carbons (Fsp3) is 0.700. The predicted octanol–water partition coefficient (Wildman–Crippen LogP) is 0.837. The number of hydrogen-bond donors (Lipinski definition) is 1. The number of methoxy groups -OCH3 is 1. The van der Waals surface area contributed by atoms with E-state index in [0.29, 0.717) is 31.2 Å². The van der Waals surface area contributed by atoms with E-state index in [1.165, 1.54) is 0 Å². The maximum Gasteiger partial charge on any atom is 0.307 e. The molecule has 6 nitrogen and oxygen atoms in total. The molecule has 2 atom stereocenters. The van der Waals surface area contributed by atoms with Gasteiger partial charge in [-0.2, -0.15) is 4.98 Å². The normalized spacial score (nSPS) is 23.3. The molecular weight excluding hydrogens is 212 g/mol. The summed E-state index contributed by atoms with van der Waals surface area (Å²) in [7, 11) is 1.64. The maximum atomic E-state index is 10.7. The summed E-state index contributed by atoms with van der Waals surface area (Å²) >= 11 is 0. The molecule has 0 bridgehead atoms. The van der Waals surface area contributed by atoms with Gasteiger partial charge in [-0.3, -0.25) is 4.79 Å². The second kappa shape index (κ2) is 4.61. The van der Waals surface area contributed by atoms with Gasteiger partial charge in [0.2, 0.25) is 5.89 Å². The molecule has 1 N–H and O–H groups in total. The molecule has 1 heterocycles. The first-order valence-corrected chi connectivity index (χ1v) is 5.26. The van der Waals surface area contributed by atoms with Crippen molar-refractivity contribution >= 4 is 5.97 Å². The van der Waals surface area contributed by atoms with Crippen molar-refractivity contribution in [1.29, 1.82) is 0 Å². The van der Waals surface area contributed by atoms with Crippen LogP contribution < -0.4 is 0 Å². The summed E-state index contributed by atoms with van der Waals surface area (Å²) in [5, 5.41) is 12.6. The van der Waals surface area contributed by atoms with Crippen LogP contribution in [-0.2, 0) is 16.0 Å². The summed E-state index contributed by atoms with van der Waals surface area (Å²) in [5.74, 6) is -0.125. The van der Waals surface area contributed by atoms with Crippen LogP contribution in [0.1, 0.15) is 30.5 Å². The molecular formula is C10H14N2O4. The Morgan fingerprint density at radius 3 is 3.12 bits per heavy atom. The van der Waals surface area contributed by atoms with Gasteiger partial charge in [-0.1, -0.05) is 5.16 Å². The molecule has 0 amide bonds. The van der Waals surface area contributed by atoms with Gasteiger partial charge in [0.05, 0.1) is 11.8 Å². The Morgan fingerprint density at radius 1 is 1.69 bits per heavy atom. The van der Waals surface area contributed by atoms with Crippen LogP contribution in [0.2, 0.25) is 0 Å². The molecule has 0 spiro atoms. The first kappa shape index (κ1) is 11.1. The molecule has 2 rings (SSSR count). The number of ether oxygens (including phenoxy) is 1. The fourth-order valence-corrected chi connectivity index (χ4v) is 1.64. The van der Waals surface area contributed by atoms with Gasteiger partial charge >= 0.3 is 5.97 Å². The average Bonchev–Trinajstić information content (AvgIpc) is 2.93. The number of carboxylic acid groups (broad SMARTS) is 1. The van der Waals surface area contributed by atoms with E-state index in [1.54, 1.807) is 7.11 Å². The quantitative estimate of drug-likeness (QED) is 0.723. The van der Waals surface area contributed by atoms with Crippen molar-refractivity contribution in [2.45, 2.75) is 25.2 Å². The average molecular weight is 226 g/mol. The standard InChI is InChI=1S/C10H14N2O4/c1-15-4-2-3-8-11-9(16-12-8)6-5-7(6)10(13)14/h6-7H,2-5H2,1H3,(H,13,14). The number of nitrogens with zero attached hydrogens (tertiary/aromatic N) is 2. The Morgan fingerprint density at radius 2 is 2.50 bits per heavy atom. The van der Waals surface area contributed by atoms with Crippen molar-refractivity contribution < 1.29 is 19.2 Å². The zero-order valence-corrected chi connectivity index (χ0v) is 9.05. The van der Waals surface area contributed by atoms with Gasteiger partial charge in [0.1, 0.15) is 0 Å². The van der Waals surface area contributed by atoms with Crippen molar-refractivity contribution in [3.05, 3.63) is 11.7 Å². The van der Waals surface area contributed by atoms with Crippen LogP contribution in [0.3, 0.4) is 0 Å². The highest BCUT2D eigenvalue weighted by atomic mass is 16.5. The molecule has 6 heteroatoms. The molecule has 88 valence electrons. The molecule has 1 fully saturated rings. The molecule has 1 aromatic heterocycles. The summed E-state index contributed by atoms with van der Waals surface area (Å²) in [6, 6.07) is 0. The number of aliphatic carboxylic acids is 1. The van der Waals surface area contributed by atoms with Crippen LogP contribution in [0, 0.1) is 5.92 Å². The topological polar surface area (TPSA) is 85.5 Å². The lowest BCUT2D eigenvalue weighted by Gasteiger charge is -1.93. The highest BCUT2D eigenvalue weighted by molar-refractivity contribution is 5.74. The summed E-state index contributed by atoms with van der Waals surface area (Å²) in [6.45, 7) is 0.658. The van der Waals surface area contributed by atoms with Crippen molar-refractivity contribution in [3.8, 4) is 0 Å². The lowest BCUT2D eigenvalue weighted by molar-refractivity contribution is -0.138. The number of aryl methyl sites for hydroxylation is 1. The first-order chi connectivity index (χ1) is 7.72. The maximum absolute atomic E-state index is 10.7. The minimum Gasteiger partial charge on any atom is -0.481 e. The van der Waals surface area contributed by atoms with Gasteiger partial charge in [0.25, 0.3) is 0 Å². The number of carboxylic acids is 1. The summed E-state index contributed by atoms with van der Waals surface area (Å²) in [5.41, 5.74) is 0. The van der Waals surface area contributed by atoms with E-state index in [1.807, 2.05) is 0 Å². The molecule has 0 radical (unpaired) electrons. The van der Waals surface area contributed by atoms with Gasteiger partial charge in [-0.15, -0.1) is 0 Å². The molecule has 0 aliphatic heterocycles. The Labute approximate surface area is 92.6 Å². The second-order valence-electron chi connectivity index (χ2n) is 3.93. The number of carbonyl (C=O) groups is 1. The van der Waals surface area contributed by atoms with E-state index in [2.05, 4.69) is 10.1 Å². The van der Waals surface area contributed by atoms with Gasteiger partial charge in [-0.05, 0) is 12.8 Å². The van der Waals surface area contributed by atoms with Crippen LogP contribution in [0.15, 0.2) is 4.52 Å². The van der Waals surface area contributed by atoms with Gasteiger partial charge in [0.15, 0.2) is 5.82 Å². The Kier molecular flexibility index (Phi) is 3.19. The lowest BCUT2D eigenvalue weighted by atomic mass is 10.3. The molecule has 1 aliphatic rings. The molecule has 1 saturated carbocycles. The van der Waals surface area contributed by atoms with E-state index >= 15 is 0 Å².